The second-order valence-corrected chi connectivity index (χ2v) is 6.48. The molecule has 0 aliphatic heterocycles. The van der Waals surface area contributed by atoms with Crippen LogP contribution in [0.3, 0.4) is 0 Å². The molecule has 0 unspecified atom stereocenters. The van der Waals surface area contributed by atoms with E-state index in [1.165, 1.54) is 5.56 Å². The zero-order valence-electron chi connectivity index (χ0n) is 15.7. The molecule has 1 aromatic carbocycles. The number of hydrogen-bond acceptors (Lipinski definition) is 5. The minimum atomic E-state index is -0.362. The molecule has 0 radical (unpaired) electrons. The topological polar surface area (TPSA) is 88.4 Å². The number of aliphatic hydroxyl groups is 1. The van der Waals surface area contributed by atoms with Gasteiger partial charge in [0.15, 0.2) is 0 Å². The number of amides is 1. The van der Waals surface area contributed by atoms with Crippen LogP contribution < -0.4 is 10.8 Å². The first kappa shape index (κ1) is 18.9. The number of carbonyl (C=O) groups is 1. The summed E-state index contributed by atoms with van der Waals surface area (Å²) in [7, 11) is 1.83. The van der Waals surface area contributed by atoms with E-state index in [0.717, 1.165) is 22.2 Å². The Labute approximate surface area is 157 Å². The molecule has 3 aromatic rings. The fraction of sp³-hybridized carbons (Fsp3) is 0.300. The van der Waals surface area contributed by atoms with Crippen molar-refractivity contribution in [1.82, 2.24) is 15.0 Å². The highest BCUT2D eigenvalue weighted by Crippen LogP contribution is 2.33. The van der Waals surface area contributed by atoms with Crippen LogP contribution in [0.15, 0.2) is 36.7 Å². The standard InChI is InChI=1S/C20H24N4O3/c1-13-5-6-16(14(2)11-13)22-18-15-12-21-8-7-17(15)24(3)19(18)20(26)23-27-10-4-9-25/h5-8,11-12,22,25H,4,9-10H2,1-3H3,(H,23,26). The first-order valence-corrected chi connectivity index (χ1v) is 8.82. The van der Waals surface area contributed by atoms with Gasteiger partial charge in [-0.2, -0.15) is 0 Å². The summed E-state index contributed by atoms with van der Waals surface area (Å²) in [6.07, 6.45) is 3.89. The smallest absolute Gasteiger partial charge is 0.293 e. The number of nitrogens with one attached hydrogen (secondary N) is 2. The summed E-state index contributed by atoms with van der Waals surface area (Å²) in [5.41, 5.74) is 7.65. The van der Waals surface area contributed by atoms with Crippen molar-refractivity contribution < 1.29 is 14.7 Å². The van der Waals surface area contributed by atoms with E-state index in [-0.39, 0.29) is 19.1 Å². The van der Waals surface area contributed by atoms with Gasteiger partial charge >= 0.3 is 0 Å². The van der Waals surface area contributed by atoms with E-state index in [1.807, 2.05) is 43.7 Å². The Morgan fingerprint density at radius 3 is 2.85 bits per heavy atom. The molecule has 0 spiro atoms. The lowest BCUT2D eigenvalue weighted by Gasteiger charge is -2.13. The molecule has 0 aliphatic carbocycles. The molecule has 2 heterocycles. The number of aromatic nitrogens is 2. The van der Waals surface area contributed by atoms with Crippen LogP contribution in [-0.4, -0.2) is 33.8 Å². The van der Waals surface area contributed by atoms with Gasteiger partial charge < -0.3 is 15.0 Å². The average Bonchev–Trinajstić information content (AvgIpc) is 2.93. The number of benzene rings is 1. The Kier molecular flexibility index (Phi) is 5.73. The molecular formula is C20H24N4O3. The molecule has 3 rings (SSSR count). The van der Waals surface area contributed by atoms with Crippen LogP contribution in [0, 0.1) is 13.8 Å². The molecule has 27 heavy (non-hydrogen) atoms. The lowest BCUT2D eigenvalue weighted by molar-refractivity contribution is 0.0256. The van der Waals surface area contributed by atoms with Crippen LogP contribution in [0.5, 0.6) is 0 Å². The van der Waals surface area contributed by atoms with Crippen LogP contribution in [0.4, 0.5) is 11.4 Å². The van der Waals surface area contributed by atoms with E-state index in [9.17, 15) is 4.79 Å². The second kappa shape index (κ2) is 8.20. The van der Waals surface area contributed by atoms with E-state index in [1.54, 1.807) is 12.4 Å². The van der Waals surface area contributed by atoms with Crippen molar-refractivity contribution in [1.29, 1.82) is 0 Å². The van der Waals surface area contributed by atoms with Crippen molar-refractivity contribution in [2.24, 2.45) is 7.05 Å². The third kappa shape index (κ3) is 3.94. The van der Waals surface area contributed by atoms with E-state index in [4.69, 9.17) is 9.94 Å². The molecule has 142 valence electrons. The van der Waals surface area contributed by atoms with Crippen LogP contribution in [0.25, 0.3) is 10.9 Å². The number of hydroxylamine groups is 1. The quantitative estimate of drug-likeness (QED) is 0.441. The third-order valence-electron chi connectivity index (χ3n) is 4.43. The predicted molar refractivity (Wildman–Crippen MR) is 105 cm³/mol. The van der Waals surface area contributed by atoms with Gasteiger partial charge in [0.05, 0.1) is 17.8 Å². The number of anilines is 2. The molecule has 0 atom stereocenters. The summed E-state index contributed by atoms with van der Waals surface area (Å²) in [5, 5.41) is 13.1. The molecule has 0 aliphatic rings. The number of rotatable bonds is 7. The molecular weight excluding hydrogens is 344 g/mol. The first-order valence-electron chi connectivity index (χ1n) is 8.82. The van der Waals surface area contributed by atoms with Gasteiger partial charge in [-0.15, -0.1) is 0 Å². The lowest BCUT2D eigenvalue weighted by atomic mass is 10.1. The van der Waals surface area contributed by atoms with Gasteiger partial charge in [0.2, 0.25) is 0 Å². The van der Waals surface area contributed by atoms with Crippen LogP contribution in [0.1, 0.15) is 28.0 Å². The summed E-state index contributed by atoms with van der Waals surface area (Å²) in [4.78, 5) is 22.1. The van der Waals surface area contributed by atoms with Crippen molar-refractivity contribution in [3.8, 4) is 0 Å². The van der Waals surface area contributed by atoms with Gasteiger partial charge in [-0.3, -0.25) is 14.6 Å². The number of aliphatic hydroxyl groups excluding tert-OH is 1. The third-order valence-corrected chi connectivity index (χ3v) is 4.43. The SMILES string of the molecule is Cc1ccc(Nc2c(C(=O)NOCCCO)n(C)c3ccncc23)c(C)c1. The molecule has 0 saturated carbocycles. The normalized spacial score (nSPS) is 11.0. The van der Waals surface area contributed by atoms with Gasteiger partial charge in [-0.25, -0.2) is 5.48 Å². The maximum Gasteiger partial charge on any atom is 0.293 e. The maximum atomic E-state index is 12.8. The van der Waals surface area contributed by atoms with E-state index >= 15 is 0 Å². The Bertz CT molecular complexity index is 965. The zero-order chi connectivity index (χ0) is 19.4. The van der Waals surface area contributed by atoms with Crippen LogP contribution >= 0.6 is 0 Å². The molecule has 0 fully saturated rings. The average molecular weight is 368 g/mol. The Hall–Kier alpha value is -2.90. The van der Waals surface area contributed by atoms with E-state index in [2.05, 4.69) is 21.8 Å². The maximum absolute atomic E-state index is 12.8. The number of pyridine rings is 1. The van der Waals surface area contributed by atoms with Crippen molar-refractivity contribution in [3.05, 3.63) is 53.5 Å². The monoisotopic (exact) mass is 368 g/mol. The van der Waals surface area contributed by atoms with E-state index < -0.39 is 0 Å². The van der Waals surface area contributed by atoms with Crippen LogP contribution in [-0.2, 0) is 11.9 Å². The summed E-state index contributed by atoms with van der Waals surface area (Å²) in [6.45, 7) is 4.32. The van der Waals surface area contributed by atoms with Gasteiger partial charge in [0.1, 0.15) is 5.69 Å². The molecule has 0 bridgehead atoms. The molecule has 7 nitrogen and oxygen atoms in total. The first-order chi connectivity index (χ1) is 13.0. The van der Waals surface area contributed by atoms with Gasteiger partial charge in [-0.05, 0) is 38.0 Å². The van der Waals surface area contributed by atoms with Gasteiger partial charge in [-0.1, -0.05) is 17.7 Å². The van der Waals surface area contributed by atoms with Crippen molar-refractivity contribution in [3.63, 3.8) is 0 Å². The molecule has 3 N–H and O–H groups in total. The zero-order valence-corrected chi connectivity index (χ0v) is 15.7. The molecule has 0 saturated heterocycles. The minimum absolute atomic E-state index is 0.00901. The Balaban J connectivity index is 2.00. The largest absolute Gasteiger partial charge is 0.396 e. The van der Waals surface area contributed by atoms with Crippen molar-refractivity contribution in [2.45, 2.75) is 20.3 Å². The molecule has 1 amide bonds. The van der Waals surface area contributed by atoms with Gasteiger partial charge in [0, 0.05) is 37.1 Å². The Morgan fingerprint density at radius 2 is 2.11 bits per heavy atom. The molecule has 2 aromatic heterocycles. The predicted octanol–water partition coefficient (Wildman–Crippen LogP) is 2.98. The summed E-state index contributed by atoms with van der Waals surface area (Å²) < 4.78 is 1.81. The van der Waals surface area contributed by atoms with Gasteiger partial charge in [0.25, 0.3) is 5.91 Å². The highest BCUT2D eigenvalue weighted by atomic mass is 16.6. The fourth-order valence-electron chi connectivity index (χ4n) is 3.07. The van der Waals surface area contributed by atoms with Crippen LogP contribution in [0.2, 0.25) is 0 Å². The van der Waals surface area contributed by atoms with Crippen molar-refractivity contribution in [2.75, 3.05) is 18.5 Å². The summed E-state index contributed by atoms with van der Waals surface area (Å²) >= 11 is 0. The number of fused-ring (bicyclic) bond motifs is 1. The van der Waals surface area contributed by atoms with Crippen molar-refractivity contribution >= 4 is 28.2 Å². The second-order valence-electron chi connectivity index (χ2n) is 6.48. The number of hydrogen-bond donors (Lipinski definition) is 3. The number of aryl methyl sites for hydroxylation is 3. The highest BCUT2D eigenvalue weighted by molar-refractivity contribution is 6.09. The molecule has 7 heteroatoms. The highest BCUT2D eigenvalue weighted by Gasteiger charge is 2.22. The summed E-state index contributed by atoms with van der Waals surface area (Å²) in [5.74, 6) is -0.362. The Morgan fingerprint density at radius 1 is 1.30 bits per heavy atom. The number of carbonyl (C=O) groups excluding carboxylic acids is 1. The number of nitrogens with zero attached hydrogens (tertiary/aromatic N) is 2. The minimum Gasteiger partial charge on any atom is -0.396 e. The fourth-order valence-corrected chi connectivity index (χ4v) is 3.07. The van der Waals surface area contributed by atoms with E-state index in [0.29, 0.717) is 17.8 Å². The lowest BCUT2D eigenvalue weighted by Crippen LogP contribution is -2.27. The summed E-state index contributed by atoms with van der Waals surface area (Å²) in [6, 6.07) is 7.98.